The molecule has 9 heteroatoms. The van der Waals surface area contributed by atoms with Gasteiger partial charge in [0, 0.05) is 13.1 Å². The Morgan fingerprint density at radius 3 is 2.54 bits per heavy atom. The van der Waals surface area contributed by atoms with E-state index in [0.717, 1.165) is 0 Å². The van der Waals surface area contributed by atoms with Crippen LogP contribution in [-0.4, -0.2) is 64.2 Å². The van der Waals surface area contributed by atoms with Crippen LogP contribution >= 0.6 is 0 Å². The Hall–Kier alpha value is -1.97. The molecular weight excluding hydrogens is 338 g/mol. The maximum Gasteiger partial charge on any atom is 0.346 e. The summed E-state index contributed by atoms with van der Waals surface area (Å²) in [6.45, 7) is 2.56. The summed E-state index contributed by atoms with van der Waals surface area (Å²) >= 11 is 0. The monoisotopic (exact) mass is 357 g/mol. The molecule has 24 heavy (non-hydrogen) atoms. The normalized spacial score (nSPS) is 17.1. The summed E-state index contributed by atoms with van der Waals surface area (Å²) in [6, 6.07) is 5.51. The minimum atomic E-state index is -3.71. The van der Waals surface area contributed by atoms with Crippen molar-refractivity contribution < 1.29 is 32.2 Å². The molecular formula is C15H19NO7S. The number of nitrogens with zero attached hydrogens (tertiary/aromatic N) is 1. The van der Waals surface area contributed by atoms with Crippen molar-refractivity contribution in [2.75, 3.05) is 33.4 Å². The van der Waals surface area contributed by atoms with Crippen LogP contribution in [0.15, 0.2) is 29.2 Å². The maximum absolute atomic E-state index is 12.6. The Labute approximate surface area is 140 Å². The summed E-state index contributed by atoms with van der Waals surface area (Å²) in [5.41, 5.74) is 0.0417. The molecule has 0 bridgehead atoms. The molecule has 1 aromatic carbocycles. The fraction of sp³-hybridized carbons (Fsp3) is 0.467. The molecule has 0 aliphatic carbocycles. The summed E-state index contributed by atoms with van der Waals surface area (Å²) in [5.74, 6) is -1.49. The van der Waals surface area contributed by atoms with Crippen LogP contribution in [-0.2, 0) is 29.0 Å². The second-order valence-electron chi connectivity index (χ2n) is 5.11. The largest absolute Gasteiger partial charge is 0.466 e. The van der Waals surface area contributed by atoms with Crippen LogP contribution in [0.4, 0.5) is 0 Å². The summed E-state index contributed by atoms with van der Waals surface area (Å²) in [6.07, 6.45) is -1.08. The molecule has 2 rings (SSSR count). The lowest BCUT2D eigenvalue weighted by Crippen LogP contribution is -2.40. The van der Waals surface area contributed by atoms with Gasteiger partial charge in [-0.1, -0.05) is 6.07 Å². The van der Waals surface area contributed by atoms with Crippen molar-refractivity contribution in [1.29, 1.82) is 0 Å². The van der Waals surface area contributed by atoms with Crippen molar-refractivity contribution in [2.24, 2.45) is 0 Å². The minimum Gasteiger partial charge on any atom is -0.466 e. The smallest absolute Gasteiger partial charge is 0.346 e. The van der Waals surface area contributed by atoms with E-state index < -0.39 is 28.1 Å². The molecule has 0 aromatic heterocycles. The van der Waals surface area contributed by atoms with Gasteiger partial charge in [-0.2, -0.15) is 4.31 Å². The van der Waals surface area contributed by atoms with E-state index in [1.807, 2.05) is 0 Å². The Kier molecular flexibility index (Phi) is 5.92. The van der Waals surface area contributed by atoms with Gasteiger partial charge in [0.05, 0.1) is 30.8 Å². The van der Waals surface area contributed by atoms with Crippen LogP contribution in [0.3, 0.4) is 0 Å². The zero-order valence-corrected chi connectivity index (χ0v) is 14.2. The van der Waals surface area contributed by atoms with Gasteiger partial charge in [0.15, 0.2) is 6.10 Å². The molecule has 1 aliphatic heterocycles. The molecule has 1 heterocycles. The van der Waals surface area contributed by atoms with Gasteiger partial charge in [-0.05, 0) is 25.1 Å². The van der Waals surface area contributed by atoms with E-state index in [4.69, 9.17) is 9.47 Å². The summed E-state index contributed by atoms with van der Waals surface area (Å²) in [5, 5.41) is 0. The number of morpholine rings is 1. The van der Waals surface area contributed by atoms with Gasteiger partial charge in [0.25, 0.3) is 0 Å². The lowest BCUT2D eigenvalue weighted by atomic mass is 10.2. The van der Waals surface area contributed by atoms with E-state index in [1.165, 1.54) is 42.6 Å². The van der Waals surface area contributed by atoms with Crippen molar-refractivity contribution in [1.82, 2.24) is 4.31 Å². The molecule has 1 aromatic rings. The molecule has 0 radical (unpaired) electrons. The van der Waals surface area contributed by atoms with Crippen molar-refractivity contribution in [3.63, 3.8) is 0 Å². The standard InChI is InChI=1S/C15H19NO7S/c1-11(14(17)21-2)23-15(18)12-4-3-5-13(10-12)24(19,20)16-6-8-22-9-7-16/h3-5,10-11H,6-9H2,1-2H3. The highest BCUT2D eigenvalue weighted by molar-refractivity contribution is 7.89. The fourth-order valence-electron chi connectivity index (χ4n) is 2.16. The fourth-order valence-corrected chi connectivity index (χ4v) is 3.62. The first kappa shape index (κ1) is 18.4. The summed E-state index contributed by atoms with van der Waals surface area (Å²) in [4.78, 5) is 23.4. The third kappa shape index (κ3) is 4.11. The number of rotatable bonds is 5. The number of carbonyl (C=O) groups is 2. The lowest BCUT2D eigenvalue weighted by molar-refractivity contribution is -0.149. The zero-order valence-electron chi connectivity index (χ0n) is 13.4. The SMILES string of the molecule is COC(=O)C(C)OC(=O)c1cccc(S(=O)(=O)N2CCOCC2)c1. The number of hydrogen-bond acceptors (Lipinski definition) is 7. The third-order valence-corrected chi connectivity index (χ3v) is 5.39. The van der Waals surface area contributed by atoms with E-state index in [9.17, 15) is 18.0 Å². The van der Waals surface area contributed by atoms with Gasteiger partial charge in [0.1, 0.15) is 0 Å². The van der Waals surface area contributed by atoms with Gasteiger partial charge in [0.2, 0.25) is 10.0 Å². The number of methoxy groups -OCH3 is 1. The van der Waals surface area contributed by atoms with Crippen LogP contribution < -0.4 is 0 Å². The number of carbonyl (C=O) groups excluding carboxylic acids is 2. The first-order valence-corrected chi connectivity index (χ1v) is 8.77. The van der Waals surface area contributed by atoms with Crippen LogP contribution in [0.1, 0.15) is 17.3 Å². The molecule has 0 spiro atoms. The quantitative estimate of drug-likeness (QED) is 0.704. The Bertz CT molecular complexity index is 710. The van der Waals surface area contributed by atoms with E-state index in [1.54, 1.807) is 0 Å². The second kappa shape index (κ2) is 7.73. The molecule has 0 saturated carbocycles. The predicted molar refractivity (Wildman–Crippen MR) is 82.9 cm³/mol. The van der Waals surface area contributed by atoms with Crippen LogP contribution in [0.2, 0.25) is 0 Å². The molecule has 132 valence electrons. The summed E-state index contributed by atoms with van der Waals surface area (Å²) in [7, 11) is -2.53. The first-order chi connectivity index (χ1) is 11.4. The molecule has 0 amide bonds. The maximum atomic E-state index is 12.6. The van der Waals surface area contributed by atoms with E-state index in [0.29, 0.717) is 13.2 Å². The first-order valence-electron chi connectivity index (χ1n) is 7.33. The molecule has 1 fully saturated rings. The van der Waals surface area contributed by atoms with Gasteiger partial charge < -0.3 is 14.2 Å². The number of esters is 2. The highest BCUT2D eigenvalue weighted by Gasteiger charge is 2.27. The summed E-state index contributed by atoms with van der Waals surface area (Å²) < 4.78 is 41.1. The predicted octanol–water partition coefficient (Wildman–Crippen LogP) is 0.426. The third-order valence-electron chi connectivity index (χ3n) is 3.49. The average Bonchev–Trinajstić information content (AvgIpc) is 2.61. The Morgan fingerprint density at radius 1 is 1.25 bits per heavy atom. The number of ether oxygens (including phenoxy) is 3. The van der Waals surface area contributed by atoms with Crippen molar-refractivity contribution in [2.45, 2.75) is 17.9 Å². The number of hydrogen-bond donors (Lipinski definition) is 0. The zero-order chi connectivity index (χ0) is 17.7. The van der Waals surface area contributed by atoms with Crippen molar-refractivity contribution in [3.05, 3.63) is 29.8 Å². The highest BCUT2D eigenvalue weighted by atomic mass is 32.2. The van der Waals surface area contributed by atoms with Gasteiger partial charge >= 0.3 is 11.9 Å². The van der Waals surface area contributed by atoms with Gasteiger partial charge in [-0.15, -0.1) is 0 Å². The lowest BCUT2D eigenvalue weighted by Gasteiger charge is -2.26. The molecule has 1 unspecified atom stereocenters. The van der Waals surface area contributed by atoms with Crippen molar-refractivity contribution in [3.8, 4) is 0 Å². The topological polar surface area (TPSA) is 99.2 Å². The molecule has 1 saturated heterocycles. The van der Waals surface area contributed by atoms with E-state index in [2.05, 4.69) is 4.74 Å². The molecule has 1 aliphatic rings. The highest BCUT2D eigenvalue weighted by Crippen LogP contribution is 2.19. The van der Waals surface area contributed by atoms with Crippen molar-refractivity contribution >= 4 is 22.0 Å². The Morgan fingerprint density at radius 2 is 1.92 bits per heavy atom. The van der Waals surface area contributed by atoms with E-state index in [-0.39, 0.29) is 23.5 Å². The number of benzene rings is 1. The molecule has 0 N–H and O–H groups in total. The second-order valence-corrected chi connectivity index (χ2v) is 7.05. The average molecular weight is 357 g/mol. The van der Waals surface area contributed by atoms with Crippen LogP contribution in [0, 0.1) is 0 Å². The van der Waals surface area contributed by atoms with Gasteiger partial charge in [-0.25, -0.2) is 18.0 Å². The molecule has 1 atom stereocenters. The molecule has 8 nitrogen and oxygen atoms in total. The van der Waals surface area contributed by atoms with Crippen LogP contribution in [0.5, 0.6) is 0 Å². The van der Waals surface area contributed by atoms with Crippen LogP contribution in [0.25, 0.3) is 0 Å². The Balaban J connectivity index is 2.19. The van der Waals surface area contributed by atoms with Gasteiger partial charge in [-0.3, -0.25) is 0 Å². The van der Waals surface area contributed by atoms with E-state index >= 15 is 0 Å². The number of sulfonamides is 1. The minimum absolute atomic E-state index is 0.00966.